The number of carbonyl (C=O) groups is 2. The van der Waals surface area contributed by atoms with Crippen molar-refractivity contribution in [3.05, 3.63) is 52.5 Å². The van der Waals surface area contributed by atoms with E-state index < -0.39 is 0 Å². The van der Waals surface area contributed by atoms with Gasteiger partial charge >= 0.3 is 0 Å². The highest BCUT2D eigenvalue weighted by atomic mass is 35.5. The maximum Gasteiger partial charge on any atom is 0.244 e. The standard InChI is InChI=1S/C17H16Cl2N2O3/c1-11(22)21(12-7-8-13(18)14(19)9-12)10-17(23)20-15-5-3-4-6-16(15)24-2/h3-9H,10H2,1-2H3,(H,20,23). The minimum atomic E-state index is -0.360. The summed E-state index contributed by atoms with van der Waals surface area (Å²) in [6.45, 7) is 1.21. The zero-order valence-electron chi connectivity index (χ0n) is 13.2. The average Bonchev–Trinajstić information content (AvgIpc) is 2.55. The second-order valence-electron chi connectivity index (χ2n) is 4.95. The van der Waals surface area contributed by atoms with Crippen molar-refractivity contribution in [1.82, 2.24) is 0 Å². The van der Waals surface area contributed by atoms with Crippen LogP contribution in [0, 0.1) is 0 Å². The lowest BCUT2D eigenvalue weighted by atomic mass is 10.2. The van der Waals surface area contributed by atoms with Crippen LogP contribution in [0.25, 0.3) is 0 Å². The Hall–Kier alpha value is -2.24. The van der Waals surface area contributed by atoms with Gasteiger partial charge in [0.2, 0.25) is 11.8 Å². The molecule has 0 radical (unpaired) electrons. The fourth-order valence-corrected chi connectivity index (χ4v) is 2.41. The van der Waals surface area contributed by atoms with Gasteiger partial charge in [0.15, 0.2) is 0 Å². The number of carbonyl (C=O) groups excluding carboxylic acids is 2. The van der Waals surface area contributed by atoms with Gasteiger partial charge < -0.3 is 15.0 Å². The minimum absolute atomic E-state index is 0.161. The number of halogens is 2. The summed E-state index contributed by atoms with van der Waals surface area (Å²) < 4.78 is 5.18. The molecule has 7 heteroatoms. The number of hydrogen-bond acceptors (Lipinski definition) is 3. The maximum atomic E-state index is 12.3. The fourth-order valence-electron chi connectivity index (χ4n) is 2.12. The SMILES string of the molecule is COc1ccccc1NC(=O)CN(C(C)=O)c1ccc(Cl)c(Cl)c1. The summed E-state index contributed by atoms with van der Waals surface area (Å²) in [6.07, 6.45) is 0. The van der Waals surface area contributed by atoms with Crippen LogP contribution in [0.2, 0.25) is 10.0 Å². The van der Waals surface area contributed by atoms with E-state index >= 15 is 0 Å². The molecule has 0 atom stereocenters. The molecule has 0 heterocycles. The van der Waals surface area contributed by atoms with Gasteiger partial charge in [-0.3, -0.25) is 9.59 Å². The van der Waals surface area contributed by atoms with Crippen LogP contribution in [-0.2, 0) is 9.59 Å². The highest BCUT2D eigenvalue weighted by Crippen LogP contribution is 2.28. The number of nitrogens with zero attached hydrogens (tertiary/aromatic N) is 1. The third-order valence-electron chi connectivity index (χ3n) is 3.28. The number of nitrogens with one attached hydrogen (secondary N) is 1. The van der Waals surface area contributed by atoms with E-state index in [1.54, 1.807) is 42.5 Å². The monoisotopic (exact) mass is 366 g/mol. The number of anilines is 2. The third kappa shape index (κ3) is 4.40. The zero-order chi connectivity index (χ0) is 17.7. The zero-order valence-corrected chi connectivity index (χ0v) is 14.7. The molecule has 0 saturated heterocycles. The normalized spacial score (nSPS) is 10.2. The average molecular weight is 367 g/mol. The number of benzene rings is 2. The first-order valence-electron chi connectivity index (χ1n) is 7.08. The van der Waals surface area contributed by atoms with Crippen molar-refractivity contribution < 1.29 is 14.3 Å². The quantitative estimate of drug-likeness (QED) is 0.869. The molecule has 0 aliphatic rings. The van der Waals surface area contributed by atoms with Gasteiger partial charge in [-0.1, -0.05) is 35.3 Å². The number of ether oxygens (including phenoxy) is 1. The van der Waals surface area contributed by atoms with Crippen molar-refractivity contribution >= 4 is 46.4 Å². The topological polar surface area (TPSA) is 58.6 Å². The number of hydrogen-bond donors (Lipinski definition) is 1. The van der Waals surface area contributed by atoms with Crippen LogP contribution < -0.4 is 15.0 Å². The van der Waals surface area contributed by atoms with Crippen molar-refractivity contribution in [2.24, 2.45) is 0 Å². The number of amides is 2. The summed E-state index contributed by atoms with van der Waals surface area (Å²) in [5.41, 5.74) is 1.02. The molecule has 0 unspecified atom stereocenters. The fraction of sp³-hybridized carbons (Fsp3) is 0.176. The van der Waals surface area contributed by atoms with Crippen molar-refractivity contribution in [3.63, 3.8) is 0 Å². The van der Waals surface area contributed by atoms with Crippen LogP contribution in [0.4, 0.5) is 11.4 Å². The summed E-state index contributed by atoms with van der Waals surface area (Å²) >= 11 is 11.9. The highest BCUT2D eigenvalue weighted by molar-refractivity contribution is 6.42. The number of methoxy groups -OCH3 is 1. The van der Waals surface area contributed by atoms with Crippen molar-refractivity contribution in [1.29, 1.82) is 0 Å². The first-order chi connectivity index (χ1) is 11.4. The van der Waals surface area contributed by atoms with Crippen molar-refractivity contribution in [2.45, 2.75) is 6.92 Å². The minimum Gasteiger partial charge on any atom is -0.495 e. The van der Waals surface area contributed by atoms with Gasteiger partial charge in [-0.25, -0.2) is 0 Å². The molecule has 0 spiro atoms. The molecule has 126 valence electrons. The van der Waals surface area contributed by atoms with E-state index in [1.165, 1.54) is 18.9 Å². The lowest BCUT2D eigenvalue weighted by Crippen LogP contribution is -2.36. The molecule has 2 rings (SSSR count). The molecule has 2 aromatic carbocycles. The molecule has 0 fully saturated rings. The van der Waals surface area contributed by atoms with Gasteiger partial charge in [-0.05, 0) is 30.3 Å². The summed E-state index contributed by atoms with van der Waals surface area (Å²) in [5.74, 6) is -0.112. The summed E-state index contributed by atoms with van der Waals surface area (Å²) in [6, 6.07) is 11.8. The van der Waals surface area contributed by atoms with Crippen LogP contribution in [0.5, 0.6) is 5.75 Å². The highest BCUT2D eigenvalue weighted by Gasteiger charge is 2.17. The number of para-hydroxylation sites is 2. The van der Waals surface area contributed by atoms with Gasteiger partial charge in [0.1, 0.15) is 12.3 Å². The van der Waals surface area contributed by atoms with Crippen LogP contribution >= 0.6 is 23.2 Å². The largest absolute Gasteiger partial charge is 0.495 e. The second-order valence-corrected chi connectivity index (χ2v) is 5.77. The van der Waals surface area contributed by atoms with Crippen LogP contribution in [-0.4, -0.2) is 25.5 Å². The Morgan fingerprint density at radius 2 is 1.83 bits per heavy atom. The first-order valence-corrected chi connectivity index (χ1v) is 7.84. The Balaban J connectivity index is 2.17. The van der Waals surface area contributed by atoms with E-state index in [9.17, 15) is 9.59 Å². The Morgan fingerprint density at radius 1 is 1.12 bits per heavy atom. The Labute approximate surface area is 150 Å². The van der Waals surface area contributed by atoms with Crippen molar-refractivity contribution in [3.8, 4) is 5.75 Å². The molecule has 0 aliphatic heterocycles. The molecule has 2 amide bonds. The van der Waals surface area contributed by atoms with E-state index in [2.05, 4.69) is 5.32 Å². The summed E-state index contributed by atoms with van der Waals surface area (Å²) in [5, 5.41) is 3.41. The predicted octanol–water partition coefficient (Wildman–Crippen LogP) is 3.99. The molecule has 2 aromatic rings. The third-order valence-corrected chi connectivity index (χ3v) is 4.02. The molecular formula is C17H16Cl2N2O3. The Kier molecular flexibility index (Phi) is 6.06. The smallest absolute Gasteiger partial charge is 0.244 e. The van der Waals surface area contributed by atoms with Gasteiger partial charge in [0.25, 0.3) is 0 Å². The summed E-state index contributed by atoms with van der Waals surface area (Å²) in [7, 11) is 1.52. The van der Waals surface area contributed by atoms with Crippen LogP contribution in [0.3, 0.4) is 0 Å². The van der Waals surface area contributed by atoms with E-state index in [4.69, 9.17) is 27.9 Å². The lowest BCUT2D eigenvalue weighted by molar-refractivity contribution is -0.120. The van der Waals surface area contributed by atoms with Crippen LogP contribution in [0.1, 0.15) is 6.92 Å². The van der Waals surface area contributed by atoms with E-state index in [1.807, 2.05) is 0 Å². The molecule has 0 bridgehead atoms. The van der Waals surface area contributed by atoms with E-state index in [-0.39, 0.29) is 18.4 Å². The van der Waals surface area contributed by atoms with Gasteiger partial charge in [0.05, 0.1) is 22.8 Å². The molecular weight excluding hydrogens is 351 g/mol. The van der Waals surface area contributed by atoms with E-state index in [0.29, 0.717) is 27.2 Å². The van der Waals surface area contributed by atoms with Gasteiger partial charge in [0, 0.05) is 12.6 Å². The second kappa shape index (κ2) is 8.04. The maximum absolute atomic E-state index is 12.3. The molecule has 5 nitrogen and oxygen atoms in total. The first kappa shape index (κ1) is 18.1. The number of rotatable bonds is 5. The molecule has 24 heavy (non-hydrogen) atoms. The lowest BCUT2D eigenvalue weighted by Gasteiger charge is -2.21. The Bertz CT molecular complexity index is 765. The van der Waals surface area contributed by atoms with Crippen LogP contribution in [0.15, 0.2) is 42.5 Å². The van der Waals surface area contributed by atoms with E-state index in [0.717, 1.165) is 0 Å². The molecule has 0 aliphatic carbocycles. The summed E-state index contributed by atoms with van der Waals surface area (Å²) in [4.78, 5) is 25.5. The molecule has 0 aromatic heterocycles. The predicted molar refractivity (Wildman–Crippen MR) is 96.1 cm³/mol. The molecule has 1 N–H and O–H groups in total. The van der Waals surface area contributed by atoms with Gasteiger partial charge in [-0.15, -0.1) is 0 Å². The van der Waals surface area contributed by atoms with Gasteiger partial charge in [-0.2, -0.15) is 0 Å². The Morgan fingerprint density at radius 3 is 2.46 bits per heavy atom. The molecule has 0 saturated carbocycles. The van der Waals surface area contributed by atoms with Crippen molar-refractivity contribution in [2.75, 3.05) is 23.9 Å².